The summed E-state index contributed by atoms with van der Waals surface area (Å²) >= 11 is 0. The van der Waals surface area contributed by atoms with Crippen LogP contribution in [0.3, 0.4) is 0 Å². The van der Waals surface area contributed by atoms with E-state index in [-0.39, 0.29) is 26.8 Å². The molecule has 0 unspecified atom stereocenters. The molecular formula is C62H52N3OPt-. The van der Waals surface area contributed by atoms with Crippen LogP contribution in [0.2, 0.25) is 0 Å². The van der Waals surface area contributed by atoms with Gasteiger partial charge in [-0.05, 0) is 91.4 Å². The van der Waals surface area contributed by atoms with Crippen LogP contribution in [-0.4, -0.2) is 19.6 Å². The van der Waals surface area contributed by atoms with Crippen LogP contribution < -0.4 is 0 Å². The molecule has 67 heavy (non-hydrogen) atoms. The Hall–Kier alpha value is -7.13. The molecule has 0 bridgehead atoms. The number of benzene rings is 8. The number of aromatic nitrogens is 3. The number of pyridine rings is 1. The Morgan fingerprint density at radius 2 is 1.10 bits per heavy atom. The Labute approximate surface area is 409 Å². The number of para-hydroxylation sites is 1. The van der Waals surface area contributed by atoms with Crippen LogP contribution in [0.1, 0.15) is 72.9 Å². The van der Waals surface area contributed by atoms with E-state index in [4.69, 9.17) is 4.98 Å². The maximum Gasteiger partial charge on any atom is 0.128 e. The van der Waals surface area contributed by atoms with E-state index in [0.29, 0.717) is 29.5 Å². The molecule has 0 fully saturated rings. The van der Waals surface area contributed by atoms with Crippen molar-refractivity contribution in [3.05, 3.63) is 240 Å². The molecule has 0 saturated carbocycles. The number of rotatable bonds is 12. The van der Waals surface area contributed by atoms with Crippen LogP contribution in [0.15, 0.2) is 201 Å². The van der Waals surface area contributed by atoms with Gasteiger partial charge in [-0.1, -0.05) is 173 Å². The molecule has 0 amide bonds. The molecule has 5 heteroatoms. The van der Waals surface area contributed by atoms with Gasteiger partial charge < -0.3 is 9.67 Å². The van der Waals surface area contributed by atoms with E-state index in [9.17, 15) is 5.11 Å². The van der Waals surface area contributed by atoms with E-state index in [2.05, 4.69) is 213 Å². The van der Waals surface area contributed by atoms with Crippen LogP contribution in [0.5, 0.6) is 5.75 Å². The Morgan fingerprint density at radius 1 is 0.522 bits per heavy atom. The maximum atomic E-state index is 12.8. The molecule has 0 spiro atoms. The van der Waals surface area contributed by atoms with Gasteiger partial charge in [0.05, 0.1) is 17.2 Å². The maximum absolute atomic E-state index is 12.8. The van der Waals surface area contributed by atoms with E-state index < -0.39 is 0 Å². The number of aromatic hydroxyl groups is 1. The first kappa shape index (κ1) is 45.0. The van der Waals surface area contributed by atoms with E-state index in [1.807, 2.05) is 30.6 Å². The average molecular weight is 1050 g/mol. The van der Waals surface area contributed by atoms with Crippen LogP contribution in [0.25, 0.3) is 72.5 Å². The van der Waals surface area contributed by atoms with Crippen molar-refractivity contribution in [1.82, 2.24) is 14.5 Å². The first-order valence-electron chi connectivity index (χ1n) is 23.0. The minimum absolute atomic E-state index is 0. The summed E-state index contributed by atoms with van der Waals surface area (Å²) in [5, 5.41) is 15.1. The fourth-order valence-electron chi connectivity index (χ4n) is 9.24. The smallest absolute Gasteiger partial charge is 0.128 e. The Balaban J connectivity index is 0.00000562. The summed E-state index contributed by atoms with van der Waals surface area (Å²) < 4.78 is 2.21. The largest absolute Gasteiger partial charge is 0.507 e. The van der Waals surface area contributed by atoms with Crippen molar-refractivity contribution in [2.75, 3.05) is 0 Å². The van der Waals surface area contributed by atoms with Gasteiger partial charge in [0.15, 0.2) is 0 Å². The van der Waals surface area contributed by atoms with Crippen LogP contribution in [0, 0.1) is 6.07 Å². The molecular weight excluding hydrogens is 998 g/mol. The van der Waals surface area contributed by atoms with Gasteiger partial charge >= 0.3 is 0 Å². The Kier molecular flexibility index (Phi) is 13.3. The summed E-state index contributed by atoms with van der Waals surface area (Å²) in [6.07, 6.45) is 7.27. The molecule has 1 N–H and O–H groups in total. The van der Waals surface area contributed by atoms with Crippen molar-refractivity contribution < 1.29 is 26.2 Å². The number of nitrogens with zero attached hydrogens (tertiary/aromatic N) is 3. The fraction of sp³-hybridized carbons (Fsp3) is 0.129. The fourth-order valence-corrected chi connectivity index (χ4v) is 9.24. The van der Waals surface area contributed by atoms with Gasteiger partial charge in [0, 0.05) is 68.2 Å². The van der Waals surface area contributed by atoms with E-state index in [1.165, 1.54) is 27.6 Å². The van der Waals surface area contributed by atoms with Gasteiger partial charge in [-0.2, -0.15) is 0 Å². The average Bonchev–Trinajstić information content (AvgIpc) is 3.80. The molecule has 0 aliphatic rings. The monoisotopic (exact) mass is 1050 g/mol. The minimum Gasteiger partial charge on any atom is -0.507 e. The first-order valence-corrected chi connectivity index (χ1v) is 23.0. The molecule has 0 atom stereocenters. The number of fused-ring (bicyclic) bond motifs is 1. The third-order valence-electron chi connectivity index (χ3n) is 12.8. The Morgan fingerprint density at radius 3 is 1.73 bits per heavy atom. The second kappa shape index (κ2) is 19.8. The first-order chi connectivity index (χ1) is 32.3. The predicted molar refractivity (Wildman–Crippen MR) is 273 cm³/mol. The quantitative estimate of drug-likeness (QED) is 0.124. The normalized spacial score (nSPS) is 11.3. The Bertz CT molecular complexity index is 3230. The van der Waals surface area contributed by atoms with Crippen molar-refractivity contribution in [3.8, 4) is 67.5 Å². The van der Waals surface area contributed by atoms with E-state index >= 15 is 0 Å². The zero-order valence-corrected chi connectivity index (χ0v) is 40.5. The van der Waals surface area contributed by atoms with Gasteiger partial charge in [0.1, 0.15) is 5.75 Å². The van der Waals surface area contributed by atoms with Crippen LogP contribution in [-0.2, 0) is 33.9 Å². The van der Waals surface area contributed by atoms with Crippen molar-refractivity contribution in [1.29, 1.82) is 0 Å². The molecule has 0 saturated heterocycles. The summed E-state index contributed by atoms with van der Waals surface area (Å²) in [7, 11) is 0. The molecule has 332 valence electrons. The van der Waals surface area contributed by atoms with Crippen LogP contribution >= 0.6 is 0 Å². The number of hydrogen-bond donors (Lipinski definition) is 1. The van der Waals surface area contributed by atoms with Crippen molar-refractivity contribution in [3.63, 3.8) is 0 Å². The van der Waals surface area contributed by atoms with Gasteiger partial charge in [-0.15, -0.1) is 35.9 Å². The van der Waals surface area contributed by atoms with Crippen LogP contribution in [0.4, 0.5) is 0 Å². The SMILES string of the molecule is CC(C)c1cc(-c2cc(Cc3ccccc3Cc3cncc4ccccc34)c(O)c(-c3cn(-c4c(-c5ccccc5)cccc4-c4ccccc4)c(-c4[c-]cccc4)n3)c2)cc(C(C)C)c1.[Pt]. The second-order valence-corrected chi connectivity index (χ2v) is 17.9. The molecule has 2 aromatic heterocycles. The summed E-state index contributed by atoms with van der Waals surface area (Å²) in [5.41, 5.74) is 16.6. The number of hydrogen-bond acceptors (Lipinski definition) is 3. The predicted octanol–water partition coefficient (Wildman–Crippen LogP) is 15.7. The zero-order chi connectivity index (χ0) is 45.1. The molecule has 0 aliphatic heterocycles. The number of phenolic OH excluding ortho intramolecular Hbond substituents is 1. The molecule has 4 nitrogen and oxygen atoms in total. The van der Waals surface area contributed by atoms with Crippen molar-refractivity contribution >= 4 is 10.8 Å². The minimum atomic E-state index is 0. The summed E-state index contributed by atoms with van der Waals surface area (Å²) in [6, 6.07) is 67.5. The zero-order valence-electron chi connectivity index (χ0n) is 38.2. The molecule has 2 heterocycles. The molecule has 8 aromatic carbocycles. The summed E-state index contributed by atoms with van der Waals surface area (Å²) in [5.74, 6) is 1.64. The molecule has 10 rings (SSSR count). The molecule has 10 aromatic rings. The summed E-state index contributed by atoms with van der Waals surface area (Å²) in [4.78, 5) is 10.1. The van der Waals surface area contributed by atoms with Gasteiger partial charge in [-0.3, -0.25) is 9.97 Å². The van der Waals surface area contributed by atoms with Crippen molar-refractivity contribution in [2.24, 2.45) is 0 Å². The van der Waals surface area contributed by atoms with Gasteiger partial charge in [0.2, 0.25) is 0 Å². The third kappa shape index (κ3) is 9.33. The topological polar surface area (TPSA) is 50.9 Å². The molecule has 0 aliphatic carbocycles. The third-order valence-corrected chi connectivity index (χ3v) is 12.8. The van der Waals surface area contributed by atoms with Gasteiger partial charge in [0.25, 0.3) is 0 Å². The standard InChI is InChI=1S/C62H52N3O.Pt/c1-41(2)49-33-50(42(3)4)35-51(34-49)52-36-53(31-46-25-14-15-26-47(46)32-54-39-63-38-48-27-16-17-28-55(48)54)61(66)58(37-52)59-40-65(62(64-59)45-23-12-7-13-24-45)60-56(43-19-8-5-9-20-43)29-18-30-57(60)44-21-10-6-11-22-44;/h5-23,25-30,33-42,66H,31-32H2,1-4H3;/q-1;. The number of phenols is 1. The second-order valence-electron chi connectivity index (χ2n) is 17.9. The summed E-state index contributed by atoms with van der Waals surface area (Å²) in [6.45, 7) is 9.02. The van der Waals surface area contributed by atoms with E-state index in [0.717, 1.165) is 73.4 Å². The van der Waals surface area contributed by atoms with Crippen molar-refractivity contribution in [2.45, 2.75) is 52.4 Å². The van der Waals surface area contributed by atoms with Gasteiger partial charge in [-0.25, -0.2) is 0 Å². The van der Waals surface area contributed by atoms with E-state index in [1.54, 1.807) is 0 Å². The molecule has 0 radical (unpaired) electrons. The number of imidazole rings is 1.